The first-order valence-electron chi connectivity index (χ1n) is 6.51. The molecule has 0 unspecified atom stereocenters. The molecule has 17 heavy (non-hydrogen) atoms. The summed E-state index contributed by atoms with van der Waals surface area (Å²) in [4.78, 5) is 27.4. The van der Waals surface area contributed by atoms with Crippen molar-refractivity contribution in [3.63, 3.8) is 0 Å². The number of amides is 2. The molecular formula is C12H21N3O2. The number of likely N-dealkylation sites (N-methyl/N-ethyl adjacent to an activating group) is 1. The van der Waals surface area contributed by atoms with Crippen LogP contribution in [0.1, 0.15) is 19.8 Å². The molecule has 1 saturated carbocycles. The lowest BCUT2D eigenvalue weighted by Crippen LogP contribution is -2.52. The maximum absolute atomic E-state index is 12.1. The van der Waals surface area contributed by atoms with Crippen molar-refractivity contribution in [1.82, 2.24) is 15.1 Å². The molecule has 5 heteroatoms. The van der Waals surface area contributed by atoms with Crippen molar-refractivity contribution in [3.05, 3.63) is 0 Å². The molecule has 5 nitrogen and oxygen atoms in total. The summed E-state index contributed by atoms with van der Waals surface area (Å²) in [6.45, 7) is 6.18. The van der Waals surface area contributed by atoms with Crippen LogP contribution in [0.2, 0.25) is 0 Å². The fraction of sp³-hybridized carbons (Fsp3) is 0.833. The molecule has 1 heterocycles. The van der Waals surface area contributed by atoms with E-state index in [0.717, 1.165) is 19.6 Å². The van der Waals surface area contributed by atoms with Crippen molar-refractivity contribution in [3.8, 4) is 0 Å². The summed E-state index contributed by atoms with van der Waals surface area (Å²) in [5, 5.41) is 3.18. The van der Waals surface area contributed by atoms with Crippen LogP contribution in [0, 0.1) is 5.92 Å². The number of hydrogen-bond donors (Lipinski definition) is 1. The lowest BCUT2D eigenvalue weighted by atomic mass is 10.3. The third-order valence-corrected chi connectivity index (χ3v) is 3.43. The van der Waals surface area contributed by atoms with Gasteiger partial charge in [0.15, 0.2) is 0 Å². The van der Waals surface area contributed by atoms with Crippen molar-refractivity contribution >= 4 is 11.8 Å². The molecule has 2 amide bonds. The maximum atomic E-state index is 12.1. The standard InChI is InChI=1S/C12H21N3O2/c1-2-14(9-10-3-4-10)11(16)12(17)15-7-5-13-6-8-15/h10,13H,2-9H2,1H3. The number of nitrogens with zero attached hydrogens (tertiary/aromatic N) is 2. The fourth-order valence-electron chi connectivity index (χ4n) is 2.11. The van der Waals surface area contributed by atoms with E-state index in [1.54, 1.807) is 9.80 Å². The average molecular weight is 239 g/mol. The van der Waals surface area contributed by atoms with E-state index in [1.807, 2.05) is 6.92 Å². The molecule has 0 aromatic heterocycles. The van der Waals surface area contributed by atoms with Crippen molar-refractivity contribution in [2.24, 2.45) is 5.92 Å². The summed E-state index contributed by atoms with van der Waals surface area (Å²) in [5.74, 6) is -0.00924. The van der Waals surface area contributed by atoms with Gasteiger partial charge in [0.25, 0.3) is 0 Å². The Labute approximate surface area is 102 Å². The van der Waals surface area contributed by atoms with E-state index in [2.05, 4.69) is 5.32 Å². The molecule has 1 aliphatic carbocycles. The van der Waals surface area contributed by atoms with E-state index < -0.39 is 0 Å². The molecule has 2 aliphatic rings. The highest BCUT2D eigenvalue weighted by Crippen LogP contribution is 2.29. The van der Waals surface area contributed by atoms with Crippen molar-refractivity contribution < 1.29 is 9.59 Å². The second kappa shape index (κ2) is 5.49. The van der Waals surface area contributed by atoms with E-state index in [4.69, 9.17) is 0 Å². The second-order valence-corrected chi connectivity index (χ2v) is 4.83. The first kappa shape index (κ1) is 12.4. The summed E-state index contributed by atoms with van der Waals surface area (Å²) in [5.41, 5.74) is 0. The molecule has 1 aliphatic heterocycles. The SMILES string of the molecule is CCN(CC1CC1)C(=O)C(=O)N1CCNCC1. The predicted molar refractivity (Wildman–Crippen MR) is 64.4 cm³/mol. The van der Waals surface area contributed by atoms with Gasteiger partial charge in [-0.05, 0) is 25.7 Å². The van der Waals surface area contributed by atoms with Crippen LogP contribution in [0.4, 0.5) is 0 Å². The van der Waals surface area contributed by atoms with Crippen LogP contribution in [0.5, 0.6) is 0 Å². The molecule has 2 rings (SSSR count). The summed E-state index contributed by atoms with van der Waals surface area (Å²) < 4.78 is 0. The first-order chi connectivity index (χ1) is 8.22. The van der Waals surface area contributed by atoms with Crippen LogP contribution in [-0.2, 0) is 9.59 Å². The van der Waals surface area contributed by atoms with Gasteiger partial charge in [0.1, 0.15) is 0 Å². The number of nitrogens with one attached hydrogen (secondary N) is 1. The third kappa shape index (κ3) is 3.19. The number of carbonyl (C=O) groups is 2. The van der Waals surface area contributed by atoms with Gasteiger partial charge in [-0.25, -0.2) is 0 Å². The first-order valence-corrected chi connectivity index (χ1v) is 6.51. The zero-order chi connectivity index (χ0) is 12.3. The Hall–Kier alpha value is -1.10. The number of hydrogen-bond acceptors (Lipinski definition) is 3. The highest BCUT2D eigenvalue weighted by Gasteiger charge is 2.31. The quantitative estimate of drug-likeness (QED) is 0.687. The van der Waals surface area contributed by atoms with Gasteiger partial charge in [-0.15, -0.1) is 0 Å². The van der Waals surface area contributed by atoms with Crippen LogP contribution in [0.3, 0.4) is 0 Å². The largest absolute Gasteiger partial charge is 0.334 e. The average Bonchev–Trinajstić information content (AvgIpc) is 3.19. The zero-order valence-electron chi connectivity index (χ0n) is 10.4. The van der Waals surface area contributed by atoms with E-state index in [0.29, 0.717) is 25.6 Å². The molecule has 96 valence electrons. The van der Waals surface area contributed by atoms with Crippen LogP contribution in [0.15, 0.2) is 0 Å². The summed E-state index contributed by atoms with van der Waals surface area (Å²) in [6.07, 6.45) is 2.40. The molecule has 0 atom stereocenters. The third-order valence-electron chi connectivity index (χ3n) is 3.43. The normalized spacial score (nSPS) is 20.2. The van der Waals surface area contributed by atoms with E-state index in [1.165, 1.54) is 12.8 Å². The van der Waals surface area contributed by atoms with Gasteiger partial charge in [-0.2, -0.15) is 0 Å². The van der Waals surface area contributed by atoms with Gasteiger partial charge < -0.3 is 15.1 Å². The minimum absolute atomic E-state index is 0.318. The van der Waals surface area contributed by atoms with Crippen LogP contribution in [0.25, 0.3) is 0 Å². The monoisotopic (exact) mass is 239 g/mol. The molecule has 0 radical (unpaired) electrons. The summed E-state index contributed by atoms with van der Waals surface area (Å²) >= 11 is 0. The minimum atomic E-state index is -0.325. The molecule has 0 aromatic carbocycles. The molecule has 2 fully saturated rings. The van der Waals surface area contributed by atoms with Gasteiger partial charge in [-0.3, -0.25) is 9.59 Å². The molecular weight excluding hydrogens is 218 g/mol. The highest BCUT2D eigenvalue weighted by atomic mass is 16.2. The zero-order valence-corrected chi connectivity index (χ0v) is 10.4. The Bertz CT molecular complexity index is 296. The Morgan fingerprint density at radius 3 is 2.47 bits per heavy atom. The van der Waals surface area contributed by atoms with Crippen molar-refractivity contribution in [2.75, 3.05) is 39.3 Å². The lowest BCUT2D eigenvalue weighted by molar-refractivity contribution is -0.152. The number of piperazine rings is 1. The fourth-order valence-corrected chi connectivity index (χ4v) is 2.11. The summed E-state index contributed by atoms with van der Waals surface area (Å²) in [7, 11) is 0. The lowest BCUT2D eigenvalue weighted by Gasteiger charge is -2.29. The Kier molecular flexibility index (Phi) is 3.99. The number of rotatable bonds is 3. The second-order valence-electron chi connectivity index (χ2n) is 4.83. The van der Waals surface area contributed by atoms with Gasteiger partial charge >= 0.3 is 11.8 Å². The van der Waals surface area contributed by atoms with Crippen molar-refractivity contribution in [1.29, 1.82) is 0 Å². The molecule has 1 saturated heterocycles. The van der Waals surface area contributed by atoms with Crippen molar-refractivity contribution in [2.45, 2.75) is 19.8 Å². The molecule has 0 bridgehead atoms. The highest BCUT2D eigenvalue weighted by molar-refractivity contribution is 6.34. The topological polar surface area (TPSA) is 52.7 Å². The van der Waals surface area contributed by atoms with Gasteiger partial charge in [-0.1, -0.05) is 0 Å². The van der Waals surface area contributed by atoms with Gasteiger partial charge in [0.05, 0.1) is 0 Å². The maximum Gasteiger partial charge on any atom is 0.312 e. The minimum Gasteiger partial charge on any atom is -0.334 e. The van der Waals surface area contributed by atoms with Crippen LogP contribution < -0.4 is 5.32 Å². The van der Waals surface area contributed by atoms with Crippen LogP contribution >= 0.6 is 0 Å². The predicted octanol–water partition coefficient (Wildman–Crippen LogP) is -0.323. The number of carbonyl (C=O) groups excluding carboxylic acids is 2. The van der Waals surface area contributed by atoms with E-state index in [-0.39, 0.29) is 11.8 Å². The summed E-state index contributed by atoms with van der Waals surface area (Å²) in [6, 6.07) is 0. The smallest absolute Gasteiger partial charge is 0.312 e. The molecule has 0 aromatic rings. The Morgan fingerprint density at radius 2 is 1.94 bits per heavy atom. The van der Waals surface area contributed by atoms with E-state index >= 15 is 0 Å². The Balaban J connectivity index is 1.88. The molecule has 0 spiro atoms. The van der Waals surface area contributed by atoms with Gasteiger partial charge in [0, 0.05) is 39.3 Å². The molecule has 1 N–H and O–H groups in total. The van der Waals surface area contributed by atoms with Gasteiger partial charge in [0.2, 0.25) is 0 Å². The van der Waals surface area contributed by atoms with E-state index in [9.17, 15) is 9.59 Å². The Morgan fingerprint density at radius 1 is 1.29 bits per heavy atom. The van der Waals surface area contributed by atoms with Crippen LogP contribution in [-0.4, -0.2) is 60.9 Å².